The summed E-state index contributed by atoms with van der Waals surface area (Å²) in [6.45, 7) is 4.02. The SMILES string of the molecule is CCOCOc1cc(C(F)(F)F)cc(C)c1-c1ccc2nn(C3CCC(=O)N(C)C3)nc2n1. The van der Waals surface area contributed by atoms with Crippen LogP contribution < -0.4 is 4.74 Å². The minimum absolute atomic E-state index is 0.0300. The Morgan fingerprint density at radius 3 is 2.70 bits per heavy atom. The molecule has 1 fully saturated rings. The zero-order chi connectivity index (χ0) is 23.8. The van der Waals surface area contributed by atoms with Gasteiger partial charge in [-0.1, -0.05) is 0 Å². The van der Waals surface area contributed by atoms with Gasteiger partial charge >= 0.3 is 6.18 Å². The Kier molecular flexibility index (Phi) is 6.24. The van der Waals surface area contributed by atoms with Gasteiger partial charge in [-0.15, -0.1) is 5.10 Å². The fourth-order valence-corrected chi connectivity index (χ4v) is 3.85. The van der Waals surface area contributed by atoms with Crippen LogP contribution in [0.4, 0.5) is 13.2 Å². The van der Waals surface area contributed by atoms with Crippen molar-refractivity contribution in [2.24, 2.45) is 0 Å². The number of aryl methyl sites for hydroxylation is 1. The zero-order valence-corrected chi connectivity index (χ0v) is 18.5. The molecular formula is C22H24F3N5O3. The summed E-state index contributed by atoms with van der Waals surface area (Å²) in [6.07, 6.45) is -3.46. The molecule has 33 heavy (non-hydrogen) atoms. The van der Waals surface area contributed by atoms with Crippen LogP contribution in [-0.4, -0.2) is 57.8 Å². The summed E-state index contributed by atoms with van der Waals surface area (Å²) < 4.78 is 50.8. The van der Waals surface area contributed by atoms with Crippen molar-refractivity contribution in [3.63, 3.8) is 0 Å². The normalized spacial score (nSPS) is 17.1. The van der Waals surface area contributed by atoms with E-state index < -0.39 is 11.7 Å². The Morgan fingerprint density at radius 2 is 2.00 bits per heavy atom. The third-order valence-electron chi connectivity index (χ3n) is 5.57. The van der Waals surface area contributed by atoms with Crippen LogP contribution in [0.15, 0.2) is 24.3 Å². The first kappa shape index (κ1) is 23.0. The molecule has 8 nitrogen and oxygen atoms in total. The number of hydrogen-bond donors (Lipinski definition) is 0. The Bertz CT molecular complexity index is 1180. The van der Waals surface area contributed by atoms with Gasteiger partial charge in [0.15, 0.2) is 6.79 Å². The molecule has 0 radical (unpaired) electrons. The standard InChI is InChI=1S/C22H24F3N5O3/c1-4-32-12-33-18-10-14(22(23,24)25)9-13(2)20(18)16-6-7-17-21(26-16)28-30(27-17)15-5-8-19(31)29(3)11-15/h6-7,9-10,15H,4-5,8,11-12H2,1-3H3. The molecule has 0 spiro atoms. The van der Waals surface area contributed by atoms with Crippen molar-refractivity contribution in [1.82, 2.24) is 24.9 Å². The number of likely N-dealkylation sites (tertiary alicyclic amines) is 1. The molecule has 3 heterocycles. The second-order valence-electron chi connectivity index (χ2n) is 7.95. The van der Waals surface area contributed by atoms with E-state index in [2.05, 4.69) is 15.2 Å². The van der Waals surface area contributed by atoms with Gasteiger partial charge in [-0.2, -0.15) is 23.1 Å². The van der Waals surface area contributed by atoms with E-state index in [1.54, 1.807) is 42.7 Å². The minimum atomic E-state index is -4.51. The van der Waals surface area contributed by atoms with Crippen molar-refractivity contribution < 1.29 is 27.4 Å². The zero-order valence-electron chi connectivity index (χ0n) is 18.5. The second-order valence-corrected chi connectivity index (χ2v) is 7.95. The molecule has 11 heteroatoms. The number of halogens is 3. The number of amides is 1. The Balaban J connectivity index is 1.72. The van der Waals surface area contributed by atoms with E-state index in [4.69, 9.17) is 9.47 Å². The number of aromatic nitrogens is 4. The maximum absolute atomic E-state index is 13.4. The van der Waals surface area contributed by atoms with Gasteiger partial charge in [0.25, 0.3) is 0 Å². The Labute approximate surface area is 188 Å². The second kappa shape index (κ2) is 8.97. The van der Waals surface area contributed by atoms with Crippen molar-refractivity contribution in [3.8, 4) is 17.0 Å². The molecule has 3 aromatic rings. The maximum Gasteiger partial charge on any atom is 0.416 e. The van der Waals surface area contributed by atoms with Crippen molar-refractivity contribution in [1.29, 1.82) is 0 Å². The number of alkyl halides is 3. The molecule has 0 bridgehead atoms. The highest BCUT2D eigenvalue weighted by Gasteiger charge is 2.33. The van der Waals surface area contributed by atoms with Crippen LogP contribution in [0.2, 0.25) is 0 Å². The summed E-state index contributed by atoms with van der Waals surface area (Å²) in [5, 5.41) is 8.97. The van der Waals surface area contributed by atoms with Crippen molar-refractivity contribution in [2.45, 2.75) is 38.9 Å². The number of carbonyl (C=O) groups is 1. The lowest BCUT2D eigenvalue weighted by atomic mass is 10.00. The fourth-order valence-electron chi connectivity index (χ4n) is 3.85. The molecule has 1 aromatic carbocycles. The van der Waals surface area contributed by atoms with E-state index in [1.165, 1.54) is 0 Å². The van der Waals surface area contributed by atoms with Gasteiger partial charge in [0.1, 0.15) is 11.3 Å². The van der Waals surface area contributed by atoms with Gasteiger partial charge in [0.2, 0.25) is 11.6 Å². The third-order valence-corrected chi connectivity index (χ3v) is 5.57. The summed E-state index contributed by atoms with van der Waals surface area (Å²) >= 11 is 0. The van der Waals surface area contributed by atoms with Crippen LogP contribution in [0.1, 0.15) is 36.9 Å². The lowest BCUT2D eigenvalue weighted by Crippen LogP contribution is -2.38. The average Bonchev–Trinajstić information content (AvgIpc) is 3.18. The van der Waals surface area contributed by atoms with Gasteiger partial charge in [0, 0.05) is 32.2 Å². The first-order chi connectivity index (χ1) is 15.7. The molecule has 0 N–H and O–H groups in total. The number of ether oxygens (including phenoxy) is 2. The number of piperidine rings is 1. The predicted octanol–water partition coefficient (Wildman–Crippen LogP) is 3.99. The van der Waals surface area contributed by atoms with Gasteiger partial charge in [-0.25, -0.2) is 4.98 Å². The monoisotopic (exact) mass is 463 g/mol. The lowest BCUT2D eigenvalue weighted by Gasteiger charge is -2.28. The molecular weight excluding hydrogens is 439 g/mol. The third kappa shape index (κ3) is 4.77. The van der Waals surface area contributed by atoms with Crippen molar-refractivity contribution in [3.05, 3.63) is 35.4 Å². The molecule has 1 atom stereocenters. The van der Waals surface area contributed by atoms with E-state index in [0.29, 0.717) is 54.0 Å². The smallest absolute Gasteiger partial charge is 0.416 e. The summed E-state index contributed by atoms with van der Waals surface area (Å²) in [6, 6.07) is 5.37. The molecule has 1 aliphatic heterocycles. The highest BCUT2D eigenvalue weighted by molar-refractivity contribution is 5.79. The van der Waals surface area contributed by atoms with Crippen LogP contribution in [-0.2, 0) is 15.7 Å². The summed E-state index contributed by atoms with van der Waals surface area (Å²) in [5.41, 5.74) is 1.33. The highest BCUT2D eigenvalue weighted by atomic mass is 19.4. The summed E-state index contributed by atoms with van der Waals surface area (Å²) in [7, 11) is 1.74. The molecule has 1 aliphatic rings. The molecule has 4 rings (SSSR count). The molecule has 1 saturated heterocycles. The minimum Gasteiger partial charge on any atom is -0.467 e. The number of pyridine rings is 1. The molecule has 1 amide bonds. The van der Waals surface area contributed by atoms with Crippen LogP contribution in [0, 0.1) is 6.92 Å². The summed E-state index contributed by atoms with van der Waals surface area (Å²) in [4.78, 5) is 19.5. The maximum atomic E-state index is 13.4. The molecule has 2 aromatic heterocycles. The number of hydrogen-bond acceptors (Lipinski definition) is 6. The van der Waals surface area contributed by atoms with Crippen LogP contribution in [0.25, 0.3) is 22.4 Å². The quantitative estimate of drug-likeness (QED) is 0.406. The van der Waals surface area contributed by atoms with Crippen LogP contribution >= 0.6 is 0 Å². The van der Waals surface area contributed by atoms with Crippen molar-refractivity contribution >= 4 is 17.1 Å². The number of likely N-dealkylation sites (N-methyl/N-ethyl adjacent to an activating group) is 1. The Morgan fingerprint density at radius 1 is 1.21 bits per heavy atom. The fraction of sp³-hybridized carbons (Fsp3) is 0.455. The van der Waals surface area contributed by atoms with E-state index in [1.807, 2.05) is 0 Å². The first-order valence-electron chi connectivity index (χ1n) is 10.6. The van der Waals surface area contributed by atoms with E-state index in [0.717, 1.165) is 12.1 Å². The number of benzene rings is 1. The van der Waals surface area contributed by atoms with Crippen molar-refractivity contribution in [2.75, 3.05) is 27.0 Å². The molecule has 0 aliphatic carbocycles. The van der Waals surface area contributed by atoms with Gasteiger partial charge < -0.3 is 14.4 Å². The number of nitrogens with zero attached hydrogens (tertiary/aromatic N) is 5. The number of carbonyl (C=O) groups excluding carboxylic acids is 1. The van der Waals surface area contributed by atoms with Gasteiger partial charge in [-0.05, 0) is 50.1 Å². The number of rotatable bonds is 6. The van der Waals surface area contributed by atoms with Gasteiger partial charge in [0.05, 0.1) is 17.3 Å². The largest absolute Gasteiger partial charge is 0.467 e. The van der Waals surface area contributed by atoms with Crippen LogP contribution in [0.5, 0.6) is 5.75 Å². The highest BCUT2D eigenvalue weighted by Crippen LogP contribution is 2.39. The molecule has 1 unspecified atom stereocenters. The van der Waals surface area contributed by atoms with Gasteiger partial charge in [-0.3, -0.25) is 4.79 Å². The first-order valence-corrected chi connectivity index (χ1v) is 10.6. The van der Waals surface area contributed by atoms with Crippen LogP contribution in [0.3, 0.4) is 0 Å². The average molecular weight is 463 g/mol. The van der Waals surface area contributed by atoms with E-state index in [-0.39, 0.29) is 24.5 Å². The predicted molar refractivity (Wildman–Crippen MR) is 114 cm³/mol. The Hall–Kier alpha value is -3.21. The van der Waals surface area contributed by atoms with E-state index in [9.17, 15) is 18.0 Å². The molecule has 0 saturated carbocycles. The topological polar surface area (TPSA) is 82.4 Å². The summed E-state index contributed by atoms with van der Waals surface area (Å²) in [5.74, 6) is 0.114. The molecule has 176 valence electrons. The lowest BCUT2D eigenvalue weighted by molar-refractivity contribution is -0.137. The number of fused-ring (bicyclic) bond motifs is 1. The van der Waals surface area contributed by atoms with E-state index >= 15 is 0 Å².